The van der Waals surface area contributed by atoms with Gasteiger partial charge in [0.1, 0.15) is 11.9 Å². The molecule has 4 aromatic rings. The fourth-order valence-electron chi connectivity index (χ4n) is 5.39. The third-order valence-electron chi connectivity index (χ3n) is 8.19. The Morgan fingerprint density at radius 1 is 1.12 bits per heavy atom. The van der Waals surface area contributed by atoms with Crippen LogP contribution in [0.1, 0.15) is 55.9 Å². The molecular formula is C34H47N6O3+. The van der Waals surface area contributed by atoms with Crippen molar-refractivity contribution in [3.05, 3.63) is 81.4 Å². The largest absolute Gasteiger partial charge is 0.481 e. The zero-order valence-electron chi connectivity index (χ0n) is 26.8. The van der Waals surface area contributed by atoms with Gasteiger partial charge in [-0.05, 0) is 68.6 Å². The molecule has 1 aromatic carbocycles. The molecule has 1 aliphatic heterocycles. The summed E-state index contributed by atoms with van der Waals surface area (Å²) in [5.74, 6) is 2.24. The van der Waals surface area contributed by atoms with Crippen molar-refractivity contribution in [2.75, 3.05) is 37.4 Å². The summed E-state index contributed by atoms with van der Waals surface area (Å²) >= 11 is 0. The van der Waals surface area contributed by atoms with Gasteiger partial charge in [0.05, 0.1) is 30.7 Å². The van der Waals surface area contributed by atoms with Crippen LogP contribution in [0.15, 0.2) is 53.7 Å². The predicted octanol–water partition coefficient (Wildman–Crippen LogP) is 5.11. The second kappa shape index (κ2) is 14.4. The van der Waals surface area contributed by atoms with Crippen LogP contribution >= 0.6 is 0 Å². The van der Waals surface area contributed by atoms with Crippen LogP contribution in [-0.4, -0.2) is 41.2 Å². The number of ether oxygens (including phenoxy) is 2. The van der Waals surface area contributed by atoms with Gasteiger partial charge in [-0.15, -0.1) is 0 Å². The molecule has 0 unspecified atom stereocenters. The summed E-state index contributed by atoms with van der Waals surface area (Å²) in [4.78, 5) is 22.0. The first-order chi connectivity index (χ1) is 20.7. The highest BCUT2D eigenvalue weighted by molar-refractivity contribution is 5.88. The lowest BCUT2D eigenvalue weighted by molar-refractivity contribution is -0.656. The van der Waals surface area contributed by atoms with Crippen molar-refractivity contribution in [1.29, 1.82) is 0 Å². The lowest BCUT2D eigenvalue weighted by atomic mass is 10.0. The van der Waals surface area contributed by atoms with E-state index in [0.717, 1.165) is 70.9 Å². The summed E-state index contributed by atoms with van der Waals surface area (Å²) in [6.45, 7) is 15.3. The summed E-state index contributed by atoms with van der Waals surface area (Å²) in [6, 6.07) is 9.96. The smallest absolute Gasteiger partial charge is 0.272 e. The molecule has 4 heterocycles. The number of nitrogens with zero attached hydrogens (tertiary/aromatic N) is 5. The van der Waals surface area contributed by atoms with Gasteiger partial charge in [-0.1, -0.05) is 20.3 Å². The first kappa shape index (κ1) is 31.8. The van der Waals surface area contributed by atoms with Gasteiger partial charge in [0.15, 0.2) is 12.2 Å². The van der Waals surface area contributed by atoms with E-state index in [0.29, 0.717) is 19.2 Å². The molecule has 230 valence electrons. The molecule has 0 radical (unpaired) electrons. The molecule has 0 amide bonds. The Bertz CT molecular complexity index is 1620. The molecule has 2 N–H and O–H groups in total. The fourth-order valence-corrected chi connectivity index (χ4v) is 5.39. The van der Waals surface area contributed by atoms with Gasteiger partial charge in [-0.3, -0.25) is 15.4 Å². The molecule has 3 aromatic heterocycles. The molecule has 1 aliphatic rings. The number of nitrogens with two attached hydrogens (primary N) is 1. The Morgan fingerprint density at radius 3 is 2.58 bits per heavy atom. The average molecular weight is 588 g/mol. The Labute approximate surface area is 255 Å². The number of nitrogen functional groups attached to an aromatic ring is 1. The molecule has 0 fully saturated rings. The lowest BCUT2D eigenvalue weighted by Gasteiger charge is -2.22. The molecule has 0 spiro atoms. The highest BCUT2D eigenvalue weighted by atomic mass is 16.5. The number of aromatic nitrogens is 3. The van der Waals surface area contributed by atoms with Crippen molar-refractivity contribution >= 4 is 22.4 Å². The summed E-state index contributed by atoms with van der Waals surface area (Å²) in [7, 11) is 3.59. The lowest BCUT2D eigenvalue weighted by Crippen LogP contribution is -2.34. The quantitative estimate of drug-likeness (QED) is 0.244. The second-order valence-corrected chi connectivity index (χ2v) is 11.1. The van der Waals surface area contributed by atoms with Crippen molar-refractivity contribution in [1.82, 2.24) is 14.5 Å². The molecule has 43 heavy (non-hydrogen) atoms. The van der Waals surface area contributed by atoms with E-state index in [1.807, 2.05) is 55.9 Å². The number of methoxy groups -OCH3 is 1. The van der Waals surface area contributed by atoms with Gasteiger partial charge >= 0.3 is 0 Å². The molecule has 0 saturated carbocycles. The Kier molecular flexibility index (Phi) is 10.6. The van der Waals surface area contributed by atoms with Gasteiger partial charge in [-0.25, -0.2) is 9.55 Å². The van der Waals surface area contributed by atoms with E-state index in [4.69, 9.17) is 15.2 Å². The monoisotopic (exact) mass is 587 g/mol. The van der Waals surface area contributed by atoms with E-state index in [1.165, 1.54) is 18.5 Å². The first-order valence-corrected chi connectivity index (χ1v) is 15.2. The molecule has 5 rings (SSSR count). The van der Waals surface area contributed by atoms with Crippen LogP contribution in [0, 0.1) is 13.8 Å². The van der Waals surface area contributed by atoms with Crippen molar-refractivity contribution < 1.29 is 14.0 Å². The summed E-state index contributed by atoms with van der Waals surface area (Å²) in [6.07, 6.45) is 8.26. The minimum Gasteiger partial charge on any atom is -0.481 e. The highest BCUT2D eigenvalue weighted by Gasteiger charge is 2.22. The van der Waals surface area contributed by atoms with E-state index < -0.39 is 0 Å². The standard InChI is InChI=1S/C22H25N3O3.C12H21N3/c1-5-24(10-16-6-7-23-19(9-16)27-4)11-17-12-25-13-28-22-15(3)14(2)8-18(20(22)25)21(17)26;1-4-6-9-15(5-2)11-7-8-12(13)14(3)10-11/h6-9,12H,5,10-11,13H2,1-4H3;7-8,10,13H,4-6,9H2,1-3H3/p+1. The van der Waals surface area contributed by atoms with Gasteiger partial charge in [0, 0.05) is 56.3 Å². The SMILES string of the molecule is CCCCN(CC)c1ccc(N)[n+](C)c1.CCN(Cc1ccnc(OC)c1)Cc1cn2c3c(c(C)c(C)cc3c1=O)OC2. The summed E-state index contributed by atoms with van der Waals surface area (Å²) in [5.41, 5.74) is 12.1. The van der Waals surface area contributed by atoms with Crippen LogP contribution in [0.25, 0.3) is 10.9 Å². The zero-order chi connectivity index (χ0) is 31.1. The van der Waals surface area contributed by atoms with E-state index >= 15 is 0 Å². The maximum atomic E-state index is 13.2. The van der Waals surface area contributed by atoms with Crippen molar-refractivity contribution in [3.8, 4) is 11.6 Å². The van der Waals surface area contributed by atoms with E-state index in [1.54, 1.807) is 13.3 Å². The Morgan fingerprint density at radius 2 is 1.91 bits per heavy atom. The maximum absolute atomic E-state index is 13.2. The van der Waals surface area contributed by atoms with Gasteiger partial charge in [0.25, 0.3) is 5.82 Å². The number of hydrogen-bond donors (Lipinski definition) is 1. The molecule has 0 aliphatic carbocycles. The Balaban J connectivity index is 0.000000239. The maximum Gasteiger partial charge on any atom is 0.272 e. The van der Waals surface area contributed by atoms with Crippen LogP contribution in [-0.2, 0) is 26.9 Å². The molecule has 9 nitrogen and oxygen atoms in total. The number of rotatable bonds is 11. The molecule has 0 atom stereocenters. The van der Waals surface area contributed by atoms with Crippen LogP contribution in [0.3, 0.4) is 0 Å². The van der Waals surface area contributed by atoms with Crippen molar-refractivity contribution in [2.24, 2.45) is 7.05 Å². The Hall–Kier alpha value is -4.11. The molecule has 0 bridgehead atoms. The molecule has 9 heteroatoms. The van der Waals surface area contributed by atoms with E-state index in [-0.39, 0.29) is 5.43 Å². The molecular weight excluding hydrogens is 540 g/mol. The predicted molar refractivity (Wildman–Crippen MR) is 174 cm³/mol. The normalized spacial score (nSPS) is 11.8. The van der Waals surface area contributed by atoms with E-state index in [9.17, 15) is 4.79 Å². The number of pyridine rings is 3. The summed E-state index contributed by atoms with van der Waals surface area (Å²) in [5, 5.41) is 0.745. The van der Waals surface area contributed by atoms with Gasteiger partial charge in [0.2, 0.25) is 5.88 Å². The van der Waals surface area contributed by atoms with E-state index in [2.05, 4.69) is 52.4 Å². The number of anilines is 2. The van der Waals surface area contributed by atoms with Gasteiger partial charge in [-0.2, -0.15) is 0 Å². The number of aryl methyl sites for hydroxylation is 2. The third kappa shape index (κ3) is 7.28. The second-order valence-electron chi connectivity index (χ2n) is 11.1. The van der Waals surface area contributed by atoms with Crippen LogP contribution in [0.4, 0.5) is 11.5 Å². The number of benzene rings is 1. The topological polar surface area (TPSA) is 89.7 Å². The van der Waals surface area contributed by atoms with Gasteiger partial charge < -0.3 is 18.9 Å². The molecule has 0 saturated heterocycles. The highest BCUT2D eigenvalue weighted by Crippen LogP contribution is 2.35. The van der Waals surface area contributed by atoms with Crippen LogP contribution in [0.5, 0.6) is 11.6 Å². The van der Waals surface area contributed by atoms with Crippen molar-refractivity contribution in [3.63, 3.8) is 0 Å². The summed E-state index contributed by atoms with van der Waals surface area (Å²) < 4.78 is 15.1. The van der Waals surface area contributed by atoms with Crippen LogP contribution in [0.2, 0.25) is 0 Å². The first-order valence-electron chi connectivity index (χ1n) is 15.2. The minimum absolute atomic E-state index is 0.0897. The minimum atomic E-state index is 0.0897. The third-order valence-corrected chi connectivity index (χ3v) is 8.19. The van der Waals surface area contributed by atoms with Crippen LogP contribution < -0.4 is 30.1 Å². The van der Waals surface area contributed by atoms with Crippen molar-refractivity contribution in [2.45, 2.75) is 67.3 Å². The number of unbranched alkanes of at least 4 members (excludes halogenated alkanes) is 1. The fraction of sp³-hybridized carbons (Fsp3) is 0.441. The number of hydrogen-bond acceptors (Lipinski definition) is 7. The zero-order valence-corrected chi connectivity index (χ0v) is 26.8. The average Bonchev–Trinajstić information content (AvgIpc) is 3.44.